The third-order valence-corrected chi connectivity index (χ3v) is 4.12. The summed E-state index contributed by atoms with van der Waals surface area (Å²) in [6.45, 7) is 4.25. The lowest BCUT2D eigenvalue weighted by Gasteiger charge is -2.23. The van der Waals surface area contributed by atoms with Gasteiger partial charge in [-0.1, -0.05) is 44.2 Å². The van der Waals surface area contributed by atoms with E-state index in [1.54, 1.807) is 0 Å². The zero-order chi connectivity index (χ0) is 19.8. The Morgan fingerprint density at radius 1 is 1.04 bits per heavy atom. The van der Waals surface area contributed by atoms with Crippen molar-refractivity contribution in [1.82, 2.24) is 10.6 Å². The minimum Gasteiger partial charge on any atom is -0.352 e. The number of carbonyl (C=O) groups is 2. The molecule has 2 rings (SSSR count). The summed E-state index contributed by atoms with van der Waals surface area (Å²) >= 11 is 0. The molecule has 0 saturated heterocycles. The van der Waals surface area contributed by atoms with Gasteiger partial charge in [-0.3, -0.25) is 19.7 Å². The van der Waals surface area contributed by atoms with Crippen LogP contribution >= 0.6 is 0 Å². The molecule has 2 aromatic carbocycles. The predicted octanol–water partition coefficient (Wildman–Crippen LogP) is 3.23. The number of non-ortho nitro benzene ring substituents is 1. The van der Waals surface area contributed by atoms with E-state index in [0.717, 1.165) is 5.56 Å². The first-order valence-corrected chi connectivity index (χ1v) is 8.75. The fourth-order valence-electron chi connectivity index (χ4n) is 2.67. The van der Waals surface area contributed by atoms with Gasteiger partial charge in [0.1, 0.15) is 0 Å². The first-order valence-electron chi connectivity index (χ1n) is 8.75. The van der Waals surface area contributed by atoms with Crippen LogP contribution in [0.2, 0.25) is 0 Å². The van der Waals surface area contributed by atoms with Crippen LogP contribution in [-0.4, -0.2) is 23.3 Å². The van der Waals surface area contributed by atoms with Crippen molar-refractivity contribution in [2.45, 2.75) is 26.3 Å². The van der Waals surface area contributed by atoms with Crippen LogP contribution in [0.1, 0.15) is 42.2 Å². The zero-order valence-electron chi connectivity index (χ0n) is 15.3. The summed E-state index contributed by atoms with van der Waals surface area (Å²) in [4.78, 5) is 34.4. The first-order chi connectivity index (χ1) is 12.9. The number of carbonyl (C=O) groups excluding carboxylic acids is 2. The highest BCUT2D eigenvalue weighted by Crippen LogP contribution is 2.21. The number of amides is 2. The van der Waals surface area contributed by atoms with Crippen molar-refractivity contribution in [3.63, 3.8) is 0 Å². The van der Waals surface area contributed by atoms with Gasteiger partial charge in [0, 0.05) is 30.7 Å². The van der Waals surface area contributed by atoms with Crippen molar-refractivity contribution in [1.29, 1.82) is 0 Å². The number of nitrogens with zero attached hydrogens (tertiary/aromatic N) is 1. The number of nitrogens with one attached hydrogen (secondary N) is 2. The van der Waals surface area contributed by atoms with Crippen LogP contribution in [0.15, 0.2) is 54.6 Å². The van der Waals surface area contributed by atoms with Crippen molar-refractivity contribution in [2.75, 3.05) is 6.54 Å². The lowest BCUT2D eigenvalue weighted by atomic mass is 9.96. The fraction of sp³-hybridized carbons (Fsp3) is 0.300. The summed E-state index contributed by atoms with van der Waals surface area (Å²) in [5, 5.41) is 16.3. The van der Waals surface area contributed by atoms with E-state index in [0.29, 0.717) is 5.56 Å². The van der Waals surface area contributed by atoms with Crippen LogP contribution in [-0.2, 0) is 4.79 Å². The summed E-state index contributed by atoms with van der Waals surface area (Å²) in [5.74, 6) is -0.297. The Hall–Kier alpha value is -3.22. The van der Waals surface area contributed by atoms with E-state index < -0.39 is 4.92 Å². The van der Waals surface area contributed by atoms with Gasteiger partial charge in [0.2, 0.25) is 5.91 Å². The van der Waals surface area contributed by atoms with E-state index >= 15 is 0 Å². The van der Waals surface area contributed by atoms with Crippen molar-refractivity contribution in [3.05, 3.63) is 75.8 Å². The van der Waals surface area contributed by atoms with Gasteiger partial charge in [-0.15, -0.1) is 0 Å². The van der Waals surface area contributed by atoms with Crippen molar-refractivity contribution >= 4 is 17.5 Å². The molecular formula is C20H23N3O4. The predicted molar refractivity (Wildman–Crippen MR) is 102 cm³/mol. The van der Waals surface area contributed by atoms with E-state index in [1.807, 2.05) is 44.2 Å². The lowest BCUT2D eigenvalue weighted by Crippen LogP contribution is -2.34. The van der Waals surface area contributed by atoms with Crippen LogP contribution in [0.25, 0.3) is 0 Å². The minimum absolute atomic E-state index is 0.0773. The van der Waals surface area contributed by atoms with Crippen LogP contribution in [0.4, 0.5) is 5.69 Å². The van der Waals surface area contributed by atoms with E-state index in [4.69, 9.17) is 0 Å². The van der Waals surface area contributed by atoms with Crippen molar-refractivity contribution in [2.24, 2.45) is 5.92 Å². The largest absolute Gasteiger partial charge is 0.352 e. The highest BCUT2D eigenvalue weighted by Gasteiger charge is 2.18. The highest BCUT2D eigenvalue weighted by molar-refractivity contribution is 5.94. The number of rotatable bonds is 8. The molecule has 7 nitrogen and oxygen atoms in total. The van der Waals surface area contributed by atoms with E-state index in [2.05, 4.69) is 10.6 Å². The van der Waals surface area contributed by atoms with E-state index in [-0.39, 0.29) is 42.4 Å². The number of hydrogen-bond acceptors (Lipinski definition) is 4. The Balaban J connectivity index is 1.84. The SMILES string of the molecule is CC(C)[C@@H](NC(=O)CCNC(=O)c1ccc([N+](=O)[O-])cc1)c1ccccc1. The molecule has 0 aliphatic carbocycles. The Kier molecular flexibility index (Phi) is 7.05. The molecule has 0 aromatic heterocycles. The maximum Gasteiger partial charge on any atom is 0.269 e. The topological polar surface area (TPSA) is 101 Å². The molecule has 142 valence electrons. The second-order valence-electron chi connectivity index (χ2n) is 6.51. The summed E-state index contributed by atoms with van der Waals surface area (Å²) in [5.41, 5.74) is 1.27. The minimum atomic E-state index is -0.524. The third-order valence-electron chi connectivity index (χ3n) is 4.12. The van der Waals surface area contributed by atoms with Gasteiger partial charge in [-0.05, 0) is 23.6 Å². The van der Waals surface area contributed by atoms with Gasteiger partial charge < -0.3 is 10.6 Å². The molecule has 7 heteroatoms. The van der Waals surface area contributed by atoms with Crippen LogP contribution in [0.5, 0.6) is 0 Å². The summed E-state index contributed by atoms with van der Waals surface area (Å²) in [6.07, 6.45) is 0.148. The molecule has 0 saturated carbocycles. The van der Waals surface area contributed by atoms with Crippen molar-refractivity contribution in [3.8, 4) is 0 Å². The fourth-order valence-corrected chi connectivity index (χ4v) is 2.67. The van der Waals surface area contributed by atoms with E-state index in [9.17, 15) is 19.7 Å². The highest BCUT2D eigenvalue weighted by atomic mass is 16.6. The number of hydrogen-bond donors (Lipinski definition) is 2. The first kappa shape index (κ1) is 20.1. The van der Waals surface area contributed by atoms with Crippen LogP contribution in [0, 0.1) is 16.0 Å². The monoisotopic (exact) mass is 369 g/mol. The molecule has 27 heavy (non-hydrogen) atoms. The zero-order valence-corrected chi connectivity index (χ0v) is 15.3. The summed E-state index contributed by atoms with van der Waals surface area (Å²) < 4.78 is 0. The molecule has 0 bridgehead atoms. The average molecular weight is 369 g/mol. The second-order valence-corrected chi connectivity index (χ2v) is 6.51. The Labute approximate surface area is 157 Å². The van der Waals surface area contributed by atoms with E-state index in [1.165, 1.54) is 24.3 Å². The maximum absolute atomic E-state index is 12.2. The molecule has 0 unspecified atom stereocenters. The molecule has 0 spiro atoms. The molecule has 0 aliphatic heterocycles. The van der Waals surface area contributed by atoms with Gasteiger partial charge in [0.15, 0.2) is 0 Å². The summed E-state index contributed by atoms with van der Waals surface area (Å²) in [6, 6.07) is 15.0. The van der Waals surface area contributed by atoms with Gasteiger partial charge in [-0.2, -0.15) is 0 Å². The normalized spacial score (nSPS) is 11.7. The van der Waals surface area contributed by atoms with Crippen molar-refractivity contribution < 1.29 is 14.5 Å². The Morgan fingerprint density at radius 3 is 2.22 bits per heavy atom. The average Bonchev–Trinajstić information content (AvgIpc) is 2.66. The smallest absolute Gasteiger partial charge is 0.269 e. The standard InChI is InChI=1S/C20H23N3O4/c1-14(2)19(15-6-4-3-5-7-15)22-18(24)12-13-21-20(25)16-8-10-17(11-9-16)23(26)27/h3-11,14,19H,12-13H2,1-2H3,(H,21,25)(H,22,24)/t19-/m1/s1. The quantitative estimate of drug-likeness (QED) is 0.551. The maximum atomic E-state index is 12.2. The van der Waals surface area contributed by atoms with Gasteiger partial charge in [0.25, 0.3) is 11.6 Å². The molecule has 0 heterocycles. The number of nitro benzene ring substituents is 1. The summed E-state index contributed by atoms with van der Waals surface area (Å²) in [7, 11) is 0. The molecule has 2 aromatic rings. The van der Waals surface area contributed by atoms with Gasteiger partial charge >= 0.3 is 0 Å². The molecule has 2 N–H and O–H groups in total. The third kappa shape index (κ3) is 5.91. The number of benzene rings is 2. The molecule has 0 radical (unpaired) electrons. The van der Waals surface area contributed by atoms with Gasteiger partial charge in [-0.25, -0.2) is 0 Å². The lowest BCUT2D eigenvalue weighted by molar-refractivity contribution is -0.384. The molecule has 2 amide bonds. The van der Waals surface area contributed by atoms with Crippen LogP contribution < -0.4 is 10.6 Å². The number of nitro groups is 1. The molecular weight excluding hydrogens is 346 g/mol. The molecule has 0 aliphatic rings. The second kappa shape index (κ2) is 9.47. The van der Waals surface area contributed by atoms with Gasteiger partial charge in [0.05, 0.1) is 11.0 Å². The van der Waals surface area contributed by atoms with Crippen LogP contribution in [0.3, 0.4) is 0 Å². The Bertz CT molecular complexity index is 789. The Morgan fingerprint density at radius 2 is 1.67 bits per heavy atom. The molecule has 1 atom stereocenters. The molecule has 0 fully saturated rings.